The van der Waals surface area contributed by atoms with Gasteiger partial charge in [0.15, 0.2) is 0 Å². The van der Waals surface area contributed by atoms with E-state index in [1.54, 1.807) is 17.0 Å². The largest absolute Gasteiger partial charge is 0.341 e. The van der Waals surface area contributed by atoms with E-state index in [-0.39, 0.29) is 23.6 Å². The van der Waals surface area contributed by atoms with Gasteiger partial charge in [0.1, 0.15) is 6.04 Å². The number of likely N-dealkylation sites (N-methyl/N-ethyl adjacent to an activating group) is 1. The molecule has 176 valence electrons. The molecule has 1 aliphatic rings. The summed E-state index contributed by atoms with van der Waals surface area (Å²) in [5.74, 6) is -0.288. The number of likely N-dealkylation sites (tertiary alicyclic amines) is 1. The molecule has 0 aliphatic carbocycles. The fourth-order valence-corrected chi connectivity index (χ4v) is 4.44. The second-order valence-corrected chi connectivity index (χ2v) is 8.83. The van der Waals surface area contributed by atoms with Crippen molar-refractivity contribution < 1.29 is 14.4 Å². The van der Waals surface area contributed by atoms with Crippen molar-refractivity contribution in [3.05, 3.63) is 70.8 Å². The molecule has 0 bridgehead atoms. The Morgan fingerprint density at radius 1 is 0.939 bits per heavy atom. The second-order valence-electron chi connectivity index (χ2n) is 8.83. The highest BCUT2D eigenvalue weighted by molar-refractivity contribution is 5.98. The number of carbonyl (C=O) groups excluding carboxylic acids is 3. The second kappa shape index (κ2) is 11.1. The number of carbonyl (C=O) groups is 3. The fourth-order valence-electron chi connectivity index (χ4n) is 4.44. The van der Waals surface area contributed by atoms with Crippen LogP contribution in [-0.2, 0) is 4.79 Å². The van der Waals surface area contributed by atoms with Gasteiger partial charge in [-0.1, -0.05) is 35.4 Å². The molecule has 0 saturated carbocycles. The van der Waals surface area contributed by atoms with Gasteiger partial charge in [-0.25, -0.2) is 0 Å². The van der Waals surface area contributed by atoms with Crippen LogP contribution in [0.2, 0.25) is 0 Å². The van der Waals surface area contributed by atoms with Crippen LogP contribution in [-0.4, -0.2) is 59.7 Å². The summed E-state index contributed by atoms with van der Waals surface area (Å²) in [7, 11) is 0. The third kappa shape index (κ3) is 6.01. The number of aryl methyl sites for hydroxylation is 2. The predicted molar refractivity (Wildman–Crippen MR) is 130 cm³/mol. The maximum absolute atomic E-state index is 13.3. The summed E-state index contributed by atoms with van der Waals surface area (Å²) in [6, 6.07) is 14.4. The summed E-state index contributed by atoms with van der Waals surface area (Å²) >= 11 is 0. The standard InChI is InChI=1S/C27H35N3O3/c1-5-29(6-2)27(33)24(28-25(31)22-12-10-19(3)11-13-22)21-14-16-30(17-15-21)26(32)23-9-7-8-20(4)18-23/h7-13,18,21,24H,5-6,14-17H2,1-4H3,(H,28,31). The summed E-state index contributed by atoms with van der Waals surface area (Å²) in [6.07, 6.45) is 1.34. The van der Waals surface area contributed by atoms with Gasteiger partial charge in [0, 0.05) is 37.3 Å². The van der Waals surface area contributed by atoms with Crippen molar-refractivity contribution in [2.75, 3.05) is 26.2 Å². The van der Waals surface area contributed by atoms with E-state index in [2.05, 4.69) is 5.32 Å². The van der Waals surface area contributed by atoms with E-state index in [9.17, 15) is 14.4 Å². The molecule has 1 aliphatic heterocycles. The monoisotopic (exact) mass is 449 g/mol. The number of nitrogens with zero attached hydrogens (tertiary/aromatic N) is 2. The lowest BCUT2D eigenvalue weighted by atomic mass is 9.87. The van der Waals surface area contributed by atoms with Gasteiger partial charge < -0.3 is 15.1 Å². The third-order valence-electron chi connectivity index (χ3n) is 6.50. The average Bonchev–Trinajstić information content (AvgIpc) is 2.83. The summed E-state index contributed by atoms with van der Waals surface area (Å²) in [5.41, 5.74) is 3.37. The summed E-state index contributed by atoms with van der Waals surface area (Å²) in [4.78, 5) is 42.8. The molecule has 1 N–H and O–H groups in total. The lowest BCUT2D eigenvalue weighted by molar-refractivity contribution is -0.134. The Morgan fingerprint density at radius 3 is 2.15 bits per heavy atom. The first kappa shape index (κ1) is 24.5. The molecule has 6 nitrogen and oxygen atoms in total. The zero-order valence-corrected chi connectivity index (χ0v) is 20.1. The molecule has 3 rings (SSSR count). The summed E-state index contributed by atoms with van der Waals surface area (Å²) in [5, 5.41) is 3.02. The van der Waals surface area contributed by atoms with Crippen LogP contribution in [0.25, 0.3) is 0 Å². The van der Waals surface area contributed by atoms with Gasteiger partial charge in [0.05, 0.1) is 0 Å². The van der Waals surface area contributed by atoms with Gasteiger partial charge in [-0.3, -0.25) is 14.4 Å². The van der Waals surface area contributed by atoms with Crippen molar-refractivity contribution >= 4 is 17.7 Å². The number of amides is 3. The van der Waals surface area contributed by atoms with Gasteiger partial charge >= 0.3 is 0 Å². The number of rotatable bonds is 7. The molecule has 1 unspecified atom stereocenters. The Hall–Kier alpha value is -3.15. The van der Waals surface area contributed by atoms with E-state index in [1.165, 1.54) is 0 Å². The molecule has 6 heteroatoms. The van der Waals surface area contributed by atoms with Gasteiger partial charge in [-0.2, -0.15) is 0 Å². The van der Waals surface area contributed by atoms with Crippen molar-refractivity contribution in [1.29, 1.82) is 0 Å². The highest BCUT2D eigenvalue weighted by atomic mass is 16.2. The zero-order valence-electron chi connectivity index (χ0n) is 20.1. The summed E-state index contributed by atoms with van der Waals surface area (Å²) < 4.78 is 0. The predicted octanol–water partition coefficient (Wildman–Crippen LogP) is 3.82. The minimum atomic E-state index is -0.602. The maximum atomic E-state index is 13.3. The Labute approximate surface area is 197 Å². The van der Waals surface area contributed by atoms with Gasteiger partial charge in [-0.05, 0) is 70.7 Å². The molecule has 1 saturated heterocycles. The molecule has 0 radical (unpaired) electrons. The third-order valence-corrected chi connectivity index (χ3v) is 6.50. The number of nitrogens with one attached hydrogen (secondary N) is 1. The minimum Gasteiger partial charge on any atom is -0.341 e. The van der Waals surface area contributed by atoms with Crippen molar-refractivity contribution in [2.24, 2.45) is 5.92 Å². The van der Waals surface area contributed by atoms with Crippen LogP contribution >= 0.6 is 0 Å². The average molecular weight is 450 g/mol. The van der Waals surface area contributed by atoms with Crippen LogP contribution in [0.5, 0.6) is 0 Å². The fraction of sp³-hybridized carbons (Fsp3) is 0.444. The molecule has 1 fully saturated rings. The van der Waals surface area contributed by atoms with Crippen LogP contribution in [0.3, 0.4) is 0 Å². The minimum absolute atomic E-state index is 0.0194. The molecular formula is C27H35N3O3. The van der Waals surface area contributed by atoms with Gasteiger partial charge in [0.25, 0.3) is 11.8 Å². The van der Waals surface area contributed by atoms with Crippen LogP contribution in [0, 0.1) is 19.8 Å². The molecular weight excluding hydrogens is 414 g/mol. The van der Waals surface area contributed by atoms with Crippen molar-refractivity contribution in [1.82, 2.24) is 15.1 Å². The van der Waals surface area contributed by atoms with Crippen molar-refractivity contribution in [3.8, 4) is 0 Å². The lowest BCUT2D eigenvalue weighted by Crippen LogP contribution is -2.54. The number of piperidine rings is 1. The highest BCUT2D eigenvalue weighted by Crippen LogP contribution is 2.24. The molecule has 33 heavy (non-hydrogen) atoms. The smallest absolute Gasteiger partial charge is 0.253 e. The Bertz CT molecular complexity index is 974. The van der Waals surface area contributed by atoms with Gasteiger partial charge in [0.2, 0.25) is 5.91 Å². The topological polar surface area (TPSA) is 69.7 Å². The molecule has 1 heterocycles. The van der Waals surface area contributed by atoms with Crippen molar-refractivity contribution in [3.63, 3.8) is 0 Å². The van der Waals surface area contributed by atoms with Crippen LogP contribution in [0.1, 0.15) is 58.5 Å². The number of hydrogen-bond acceptors (Lipinski definition) is 3. The normalized spacial score (nSPS) is 15.1. The Kier molecular flexibility index (Phi) is 8.26. The Balaban J connectivity index is 1.73. The SMILES string of the molecule is CCN(CC)C(=O)C(NC(=O)c1ccc(C)cc1)C1CCN(C(=O)c2cccc(C)c2)CC1. The van der Waals surface area contributed by atoms with Gasteiger partial charge in [-0.15, -0.1) is 0 Å². The Morgan fingerprint density at radius 2 is 1.58 bits per heavy atom. The molecule has 1 atom stereocenters. The van der Waals surface area contributed by atoms with Crippen LogP contribution < -0.4 is 5.32 Å². The quantitative estimate of drug-likeness (QED) is 0.699. The van der Waals surface area contributed by atoms with E-state index < -0.39 is 6.04 Å². The molecule has 3 amide bonds. The van der Waals surface area contributed by atoms with Crippen molar-refractivity contribution in [2.45, 2.75) is 46.6 Å². The molecule has 2 aromatic carbocycles. The van der Waals surface area contributed by atoms with E-state index in [1.807, 2.05) is 69.0 Å². The van der Waals surface area contributed by atoms with E-state index in [0.29, 0.717) is 50.1 Å². The van der Waals surface area contributed by atoms with E-state index in [4.69, 9.17) is 0 Å². The van der Waals surface area contributed by atoms with Crippen LogP contribution in [0.15, 0.2) is 48.5 Å². The number of hydrogen-bond donors (Lipinski definition) is 1. The molecule has 2 aromatic rings. The summed E-state index contributed by atoms with van der Waals surface area (Å²) in [6.45, 7) is 10.2. The zero-order chi connectivity index (χ0) is 24.0. The lowest BCUT2D eigenvalue weighted by Gasteiger charge is -2.37. The molecule has 0 aromatic heterocycles. The highest BCUT2D eigenvalue weighted by Gasteiger charge is 2.35. The van der Waals surface area contributed by atoms with Crippen LogP contribution in [0.4, 0.5) is 0 Å². The van der Waals surface area contributed by atoms with E-state index in [0.717, 1.165) is 11.1 Å². The first-order valence-corrected chi connectivity index (χ1v) is 11.9. The first-order valence-electron chi connectivity index (χ1n) is 11.9. The maximum Gasteiger partial charge on any atom is 0.253 e. The molecule has 0 spiro atoms. The number of benzene rings is 2. The first-order chi connectivity index (χ1) is 15.8. The van der Waals surface area contributed by atoms with E-state index >= 15 is 0 Å².